The molecule has 0 radical (unpaired) electrons. The second-order valence-electron chi connectivity index (χ2n) is 6.21. The Morgan fingerprint density at radius 1 is 1.26 bits per heavy atom. The molecule has 0 atom stereocenters. The van der Waals surface area contributed by atoms with Crippen molar-refractivity contribution in [2.24, 2.45) is 0 Å². The summed E-state index contributed by atoms with van der Waals surface area (Å²) in [4.78, 5) is 17.3. The van der Waals surface area contributed by atoms with Gasteiger partial charge in [0, 0.05) is 45.8 Å². The third-order valence-corrected chi connectivity index (χ3v) is 4.27. The van der Waals surface area contributed by atoms with Crippen LogP contribution in [0.2, 0.25) is 0 Å². The lowest BCUT2D eigenvalue weighted by atomic mass is 10.0. The first kappa shape index (κ1) is 15.7. The zero-order chi connectivity index (χ0) is 16.2. The molecule has 0 bridgehead atoms. The fourth-order valence-electron chi connectivity index (χ4n) is 2.81. The maximum absolute atomic E-state index is 5.27. The number of nitrogens with zero attached hydrogens (tertiary/aromatic N) is 5. The Labute approximate surface area is 136 Å². The third kappa shape index (κ3) is 3.98. The van der Waals surface area contributed by atoms with Crippen LogP contribution in [0.15, 0.2) is 23.2 Å². The Morgan fingerprint density at radius 3 is 2.70 bits per heavy atom. The SMILES string of the molecule is Cc1ocnc1CN1CCC(Nc2cc(N(C)C)ncn2)CC1. The fourth-order valence-corrected chi connectivity index (χ4v) is 2.81. The third-order valence-electron chi connectivity index (χ3n) is 4.27. The predicted octanol–water partition coefficient (Wildman–Crippen LogP) is 1.92. The van der Waals surface area contributed by atoms with E-state index in [9.17, 15) is 0 Å². The van der Waals surface area contributed by atoms with Crippen LogP contribution in [-0.4, -0.2) is 53.1 Å². The first-order chi connectivity index (χ1) is 11.1. The molecule has 1 aliphatic heterocycles. The Kier molecular flexibility index (Phi) is 4.76. The molecule has 2 aromatic rings. The Morgan fingerprint density at radius 2 is 2.04 bits per heavy atom. The minimum atomic E-state index is 0.453. The maximum Gasteiger partial charge on any atom is 0.181 e. The Bertz CT molecular complexity index is 633. The molecule has 7 nitrogen and oxygen atoms in total. The van der Waals surface area contributed by atoms with Crippen LogP contribution >= 0.6 is 0 Å². The first-order valence-corrected chi connectivity index (χ1v) is 7.99. The molecule has 2 aromatic heterocycles. The average Bonchev–Trinajstić information content (AvgIpc) is 2.95. The zero-order valence-electron chi connectivity index (χ0n) is 14.0. The highest BCUT2D eigenvalue weighted by atomic mass is 16.3. The topological polar surface area (TPSA) is 70.3 Å². The summed E-state index contributed by atoms with van der Waals surface area (Å²) in [5.74, 6) is 2.73. The number of aryl methyl sites for hydroxylation is 1. The van der Waals surface area contributed by atoms with Crippen LogP contribution in [0.25, 0.3) is 0 Å². The number of oxazole rings is 1. The van der Waals surface area contributed by atoms with E-state index in [4.69, 9.17) is 4.42 Å². The van der Waals surface area contributed by atoms with Crippen LogP contribution in [-0.2, 0) is 6.54 Å². The zero-order valence-corrected chi connectivity index (χ0v) is 14.0. The van der Waals surface area contributed by atoms with Crippen molar-refractivity contribution in [3.8, 4) is 0 Å². The van der Waals surface area contributed by atoms with Crippen LogP contribution < -0.4 is 10.2 Å². The van der Waals surface area contributed by atoms with Crippen molar-refractivity contribution >= 4 is 11.6 Å². The van der Waals surface area contributed by atoms with Gasteiger partial charge in [-0.1, -0.05) is 0 Å². The molecule has 1 saturated heterocycles. The molecular weight excluding hydrogens is 292 g/mol. The molecule has 7 heteroatoms. The molecule has 124 valence electrons. The lowest BCUT2D eigenvalue weighted by molar-refractivity contribution is 0.208. The highest BCUT2D eigenvalue weighted by Gasteiger charge is 2.21. The summed E-state index contributed by atoms with van der Waals surface area (Å²) < 4.78 is 5.27. The molecule has 1 fully saturated rings. The van der Waals surface area contributed by atoms with Gasteiger partial charge in [-0.3, -0.25) is 4.90 Å². The molecule has 1 aliphatic rings. The highest BCUT2D eigenvalue weighted by molar-refractivity contribution is 5.47. The molecule has 0 saturated carbocycles. The maximum atomic E-state index is 5.27. The van der Waals surface area contributed by atoms with Crippen LogP contribution in [0.3, 0.4) is 0 Å². The van der Waals surface area contributed by atoms with E-state index in [-0.39, 0.29) is 0 Å². The minimum Gasteiger partial charge on any atom is -0.448 e. The summed E-state index contributed by atoms with van der Waals surface area (Å²) in [5.41, 5.74) is 1.04. The van der Waals surface area contributed by atoms with Crippen molar-refractivity contribution in [1.29, 1.82) is 0 Å². The van der Waals surface area contributed by atoms with E-state index in [2.05, 4.69) is 25.2 Å². The van der Waals surface area contributed by atoms with E-state index in [0.29, 0.717) is 6.04 Å². The van der Waals surface area contributed by atoms with E-state index in [0.717, 1.165) is 55.6 Å². The van der Waals surface area contributed by atoms with Gasteiger partial charge in [0.1, 0.15) is 23.7 Å². The smallest absolute Gasteiger partial charge is 0.181 e. The number of nitrogens with one attached hydrogen (secondary N) is 1. The van der Waals surface area contributed by atoms with Crippen LogP contribution in [0.5, 0.6) is 0 Å². The monoisotopic (exact) mass is 316 g/mol. The van der Waals surface area contributed by atoms with E-state index in [1.165, 1.54) is 6.39 Å². The summed E-state index contributed by atoms with van der Waals surface area (Å²) >= 11 is 0. The summed E-state index contributed by atoms with van der Waals surface area (Å²) in [5, 5.41) is 3.53. The van der Waals surface area contributed by atoms with Crippen LogP contribution in [0, 0.1) is 6.92 Å². The predicted molar refractivity (Wildman–Crippen MR) is 89.5 cm³/mol. The molecule has 23 heavy (non-hydrogen) atoms. The van der Waals surface area contributed by atoms with Gasteiger partial charge in [0.15, 0.2) is 6.39 Å². The van der Waals surface area contributed by atoms with E-state index < -0.39 is 0 Å². The fraction of sp³-hybridized carbons (Fsp3) is 0.562. The lowest BCUT2D eigenvalue weighted by Crippen LogP contribution is -2.39. The molecular formula is C16H24N6O. The summed E-state index contributed by atoms with van der Waals surface area (Å²) in [6.45, 7) is 4.94. The summed E-state index contributed by atoms with van der Waals surface area (Å²) in [6.07, 6.45) is 5.33. The van der Waals surface area contributed by atoms with Crippen molar-refractivity contribution < 1.29 is 4.42 Å². The number of likely N-dealkylation sites (tertiary alicyclic amines) is 1. The largest absolute Gasteiger partial charge is 0.448 e. The van der Waals surface area contributed by atoms with Gasteiger partial charge in [-0.25, -0.2) is 15.0 Å². The molecule has 0 spiro atoms. The van der Waals surface area contributed by atoms with Crippen molar-refractivity contribution in [2.45, 2.75) is 32.4 Å². The Hall–Kier alpha value is -2.15. The number of hydrogen-bond acceptors (Lipinski definition) is 7. The van der Waals surface area contributed by atoms with Crippen LogP contribution in [0.1, 0.15) is 24.3 Å². The number of aromatic nitrogens is 3. The van der Waals surface area contributed by atoms with Gasteiger partial charge in [0.05, 0.1) is 5.69 Å². The van der Waals surface area contributed by atoms with Gasteiger partial charge in [-0.15, -0.1) is 0 Å². The van der Waals surface area contributed by atoms with Crippen LogP contribution in [0.4, 0.5) is 11.6 Å². The molecule has 3 heterocycles. The molecule has 0 aliphatic carbocycles. The number of hydrogen-bond donors (Lipinski definition) is 1. The number of rotatable bonds is 5. The van der Waals surface area contributed by atoms with E-state index >= 15 is 0 Å². The molecule has 3 rings (SSSR count). The number of anilines is 2. The van der Waals surface area contributed by atoms with Gasteiger partial charge in [-0.05, 0) is 19.8 Å². The second-order valence-corrected chi connectivity index (χ2v) is 6.21. The second kappa shape index (κ2) is 6.95. The van der Waals surface area contributed by atoms with Crippen molar-refractivity contribution in [1.82, 2.24) is 19.9 Å². The quantitative estimate of drug-likeness (QED) is 0.903. The lowest BCUT2D eigenvalue weighted by Gasteiger charge is -2.32. The Balaban J connectivity index is 1.51. The average molecular weight is 316 g/mol. The van der Waals surface area contributed by atoms with E-state index in [1.54, 1.807) is 6.33 Å². The van der Waals surface area contributed by atoms with E-state index in [1.807, 2.05) is 32.0 Å². The van der Waals surface area contributed by atoms with Gasteiger partial charge in [0.2, 0.25) is 0 Å². The molecule has 1 N–H and O–H groups in total. The summed E-state index contributed by atoms with van der Waals surface area (Å²) in [6, 6.07) is 2.44. The first-order valence-electron chi connectivity index (χ1n) is 7.99. The normalized spacial score (nSPS) is 16.5. The molecule has 0 aromatic carbocycles. The van der Waals surface area contributed by atoms with Crippen molar-refractivity contribution in [2.75, 3.05) is 37.4 Å². The summed E-state index contributed by atoms with van der Waals surface area (Å²) in [7, 11) is 3.97. The van der Waals surface area contributed by atoms with Gasteiger partial charge < -0.3 is 14.6 Å². The standard InChI is InChI=1S/C16H24N6O/c1-12-14(19-11-23-12)9-22-6-4-13(5-7-22)20-15-8-16(21(2)3)18-10-17-15/h8,10-11,13H,4-7,9H2,1-3H3,(H,17,18,20). The van der Waals surface area contributed by atoms with Crippen molar-refractivity contribution in [3.05, 3.63) is 30.2 Å². The molecule has 0 amide bonds. The molecule has 0 unspecified atom stereocenters. The number of piperidine rings is 1. The van der Waals surface area contributed by atoms with Crippen molar-refractivity contribution in [3.63, 3.8) is 0 Å². The minimum absolute atomic E-state index is 0.453. The highest BCUT2D eigenvalue weighted by Crippen LogP contribution is 2.19. The van der Waals surface area contributed by atoms with Gasteiger partial charge >= 0.3 is 0 Å². The van der Waals surface area contributed by atoms with Gasteiger partial charge in [0.25, 0.3) is 0 Å². The van der Waals surface area contributed by atoms with Gasteiger partial charge in [-0.2, -0.15) is 0 Å².